The van der Waals surface area contributed by atoms with E-state index in [-0.39, 0.29) is 0 Å². The van der Waals surface area contributed by atoms with Crippen LogP contribution in [0.3, 0.4) is 0 Å². The van der Waals surface area contributed by atoms with Gasteiger partial charge in [0.25, 0.3) is 0 Å². The first-order chi connectivity index (χ1) is 9.74. The average molecular weight is 291 g/mol. The Morgan fingerprint density at radius 2 is 2.00 bits per heavy atom. The van der Waals surface area contributed by atoms with Crippen molar-refractivity contribution in [2.24, 2.45) is 0 Å². The first-order valence-corrected chi connectivity index (χ1v) is 7.66. The summed E-state index contributed by atoms with van der Waals surface area (Å²) < 4.78 is 10.9. The number of thiophene rings is 1. The van der Waals surface area contributed by atoms with Crippen LogP contribution in [0.15, 0.2) is 29.6 Å². The predicted octanol–water partition coefficient (Wildman–Crippen LogP) is 3.75. The predicted molar refractivity (Wildman–Crippen MR) is 83.8 cm³/mol. The lowest BCUT2D eigenvalue weighted by Crippen LogP contribution is -2.12. The third kappa shape index (κ3) is 3.74. The molecule has 0 aliphatic carbocycles. The van der Waals surface area contributed by atoms with Gasteiger partial charge in [-0.25, -0.2) is 0 Å². The van der Waals surface area contributed by atoms with Crippen LogP contribution in [0, 0.1) is 6.92 Å². The lowest BCUT2D eigenvalue weighted by molar-refractivity contribution is 0.310. The molecule has 1 heterocycles. The van der Waals surface area contributed by atoms with Crippen LogP contribution in [0.5, 0.6) is 11.5 Å². The highest BCUT2D eigenvalue weighted by molar-refractivity contribution is 7.10. The van der Waals surface area contributed by atoms with Gasteiger partial charge in [0.05, 0.1) is 13.7 Å². The van der Waals surface area contributed by atoms with Crippen molar-refractivity contribution in [1.29, 1.82) is 0 Å². The average Bonchev–Trinajstić information content (AvgIpc) is 2.85. The van der Waals surface area contributed by atoms with Gasteiger partial charge in [0.2, 0.25) is 0 Å². The number of rotatable bonds is 7. The van der Waals surface area contributed by atoms with E-state index in [2.05, 4.69) is 29.8 Å². The largest absolute Gasteiger partial charge is 0.493 e. The van der Waals surface area contributed by atoms with Crippen LogP contribution < -0.4 is 14.8 Å². The van der Waals surface area contributed by atoms with Crippen molar-refractivity contribution in [2.75, 3.05) is 13.7 Å². The summed E-state index contributed by atoms with van der Waals surface area (Å²) in [5.74, 6) is 1.59. The van der Waals surface area contributed by atoms with Gasteiger partial charge >= 0.3 is 0 Å². The van der Waals surface area contributed by atoms with Gasteiger partial charge in [0.1, 0.15) is 0 Å². The van der Waals surface area contributed by atoms with Gasteiger partial charge in [-0.05, 0) is 48.6 Å². The van der Waals surface area contributed by atoms with Crippen molar-refractivity contribution in [2.45, 2.75) is 26.9 Å². The highest BCUT2D eigenvalue weighted by Gasteiger charge is 2.05. The fraction of sp³-hybridized carbons (Fsp3) is 0.375. The van der Waals surface area contributed by atoms with Crippen molar-refractivity contribution in [1.82, 2.24) is 5.32 Å². The standard InChI is InChI=1S/C16H21NO2S/c1-4-19-15-9-13(5-6-14(15)18-3)10-17-11-16-12(2)7-8-20-16/h5-9,17H,4,10-11H2,1-3H3. The second kappa shape index (κ2) is 7.31. The van der Waals surface area contributed by atoms with E-state index < -0.39 is 0 Å². The maximum atomic E-state index is 5.59. The molecule has 4 heteroatoms. The molecule has 0 fully saturated rings. The first kappa shape index (κ1) is 14.9. The van der Waals surface area contributed by atoms with Gasteiger partial charge in [0.15, 0.2) is 11.5 Å². The molecular formula is C16H21NO2S. The Kier molecular flexibility index (Phi) is 5.44. The maximum Gasteiger partial charge on any atom is 0.161 e. The number of aryl methyl sites for hydroxylation is 1. The Morgan fingerprint density at radius 1 is 1.15 bits per heavy atom. The van der Waals surface area contributed by atoms with Gasteiger partial charge in [-0.15, -0.1) is 11.3 Å². The van der Waals surface area contributed by atoms with Gasteiger partial charge in [-0.3, -0.25) is 0 Å². The van der Waals surface area contributed by atoms with Crippen molar-refractivity contribution < 1.29 is 9.47 Å². The number of methoxy groups -OCH3 is 1. The molecule has 1 aromatic carbocycles. The van der Waals surface area contributed by atoms with Gasteiger partial charge in [-0.1, -0.05) is 6.07 Å². The maximum absolute atomic E-state index is 5.59. The highest BCUT2D eigenvalue weighted by atomic mass is 32.1. The lowest BCUT2D eigenvalue weighted by Gasteiger charge is -2.11. The Balaban J connectivity index is 1.95. The molecule has 0 unspecified atom stereocenters. The van der Waals surface area contributed by atoms with E-state index in [9.17, 15) is 0 Å². The normalized spacial score (nSPS) is 10.6. The van der Waals surface area contributed by atoms with Gasteiger partial charge in [-0.2, -0.15) is 0 Å². The van der Waals surface area contributed by atoms with Crippen LogP contribution >= 0.6 is 11.3 Å². The third-order valence-electron chi connectivity index (χ3n) is 3.11. The van der Waals surface area contributed by atoms with E-state index in [1.165, 1.54) is 16.0 Å². The quantitative estimate of drug-likeness (QED) is 0.842. The Labute approximate surface area is 124 Å². The van der Waals surface area contributed by atoms with E-state index in [0.717, 1.165) is 24.6 Å². The monoisotopic (exact) mass is 291 g/mol. The molecule has 0 aliphatic heterocycles. The molecule has 0 spiro atoms. The molecule has 2 aromatic rings. The Hall–Kier alpha value is -1.52. The molecule has 3 nitrogen and oxygen atoms in total. The summed E-state index contributed by atoms with van der Waals surface area (Å²) in [6.45, 7) is 6.49. The molecule has 0 saturated heterocycles. The minimum Gasteiger partial charge on any atom is -0.493 e. The number of hydrogen-bond acceptors (Lipinski definition) is 4. The van der Waals surface area contributed by atoms with E-state index >= 15 is 0 Å². The molecule has 108 valence electrons. The van der Waals surface area contributed by atoms with Crippen molar-refractivity contribution >= 4 is 11.3 Å². The van der Waals surface area contributed by atoms with Crippen LogP contribution in [0.2, 0.25) is 0 Å². The lowest BCUT2D eigenvalue weighted by atomic mass is 10.2. The summed E-state index contributed by atoms with van der Waals surface area (Å²) in [5.41, 5.74) is 2.55. The summed E-state index contributed by atoms with van der Waals surface area (Å²) in [5, 5.41) is 5.60. The summed E-state index contributed by atoms with van der Waals surface area (Å²) in [6.07, 6.45) is 0. The van der Waals surface area contributed by atoms with Crippen LogP contribution in [0.25, 0.3) is 0 Å². The topological polar surface area (TPSA) is 30.5 Å². The summed E-state index contributed by atoms with van der Waals surface area (Å²) in [6, 6.07) is 8.22. The van der Waals surface area contributed by atoms with E-state index in [1.807, 2.05) is 19.1 Å². The molecule has 20 heavy (non-hydrogen) atoms. The molecule has 0 amide bonds. The zero-order valence-electron chi connectivity index (χ0n) is 12.2. The molecule has 1 N–H and O–H groups in total. The van der Waals surface area contributed by atoms with E-state index in [1.54, 1.807) is 18.4 Å². The number of hydrogen-bond donors (Lipinski definition) is 1. The SMILES string of the molecule is CCOc1cc(CNCc2sccc2C)ccc1OC. The Bertz CT molecular complexity index is 551. The van der Waals surface area contributed by atoms with E-state index in [4.69, 9.17) is 9.47 Å². The smallest absolute Gasteiger partial charge is 0.161 e. The van der Waals surface area contributed by atoms with Gasteiger partial charge in [0, 0.05) is 18.0 Å². The second-order valence-corrected chi connectivity index (χ2v) is 5.55. The molecular weight excluding hydrogens is 270 g/mol. The molecule has 0 radical (unpaired) electrons. The molecule has 0 aliphatic rings. The highest BCUT2D eigenvalue weighted by Crippen LogP contribution is 2.28. The molecule has 0 bridgehead atoms. The fourth-order valence-corrected chi connectivity index (χ4v) is 2.88. The van der Waals surface area contributed by atoms with E-state index in [0.29, 0.717) is 6.61 Å². The summed E-state index contributed by atoms with van der Waals surface area (Å²) in [4.78, 5) is 1.39. The summed E-state index contributed by atoms with van der Waals surface area (Å²) >= 11 is 1.79. The number of nitrogens with one attached hydrogen (secondary N) is 1. The first-order valence-electron chi connectivity index (χ1n) is 6.78. The minimum atomic E-state index is 0.641. The zero-order chi connectivity index (χ0) is 14.4. The molecule has 0 atom stereocenters. The zero-order valence-corrected chi connectivity index (χ0v) is 13.0. The van der Waals surface area contributed by atoms with Crippen LogP contribution in [0.4, 0.5) is 0 Å². The van der Waals surface area contributed by atoms with Crippen molar-refractivity contribution in [3.8, 4) is 11.5 Å². The fourth-order valence-electron chi connectivity index (χ4n) is 2.00. The van der Waals surface area contributed by atoms with Crippen molar-refractivity contribution in [3.63, 3.8) is 0 Å². The van der Waals surface area contributed by atoms with Crippen LogP contribution in [-0.4, -0.2) is 13.7 Å². The number of ether oxygens (including phenoxy) is 2. The van der Waals surface area contributed by atoms with Crippen LogP contribution in [0.1, 0.15) is 22.9 Å². The minimum absolute atomic E-state index is 0.641. The molecule has 0 saturated carbocycles. The van der Waals surface area contributed by atoms with Crippen LogP contribution in [-0.2, 0) is 13.1 Å². The summed E-state index contributed by atoms with van der Waals surface area (Å²) in [7, 11) is 1.66. The molecule has 2 rings (SSSR count). The molecule has 1 aromatic heterocycles. The number of benzene rings is 1. The Morgan fingerprint density at radius 3 is 2.65 bits per heavy atom. The second-order valence-electron chi connectivity index (χ2n) is 4.55. The third-order valence-corrected chi connectivity index (χ3v) is 4.13. The van der Waals surface area contributed by atoms with Gasteiger partial charge < -0.3 is 14.8 Å². The van der Waals surface area contributed by atoms with Crippen molar-refractivity contribution in [3.05, 3.63) is 45.6 Å².